The molecule has 5 nitrogen and oxygen atoms in total. The summed E-state index contributed by atoms with van der Waals surface area (Å²) in [5.41, 5.74) is -0.544. The van der Waals surface area contributed by atoms with Crippen molar-refractivity contribution in [3.05, 3.63) is 0 Å². The minimum atomic E-state index is -1.38. The van der Waals surface area contributed by atoms with E-state index >= 15 is 0 Å². The van der Waals surface area contributed by atoms with Gasteiger partial charge in [-0.05, 0) is 38.0 Å². The smallest absolute Gasteiger partial charge is 0.309 e. The second-order valence-electron chi connectivity index (χ2n) is 7.33. The van der Waals surface area contributed by atoms with Gasteiger partial charge in [0.15, 0.2) is 0 Å². The Morgan fingerprint density at radius 1 is 1.15 bits per heavy atom. The third-order valence-electron chi connectivity index (χ3n) is 6.36. The van der Waals surface area contributed by atoms with Gasteiger partial charge in [-0.3, -0.25) is 4.79 Å². The van der Waals surface area contributed by atoms with E-state index < -0.39 is 11.4 Å². The standard InChI is InChI=1S/C15H22O5/c1-7-4-5-9-8(2)13(16)18-12-11-6-10(7)15(9,12)20-19-14(11,3)17/h7-12,17H,4-6H2,1-3H3/t7-,8-,9+,10+,11-,12-,14-,15+/m1/s1. The van der Waals surface area contributed by atoms with Crippen LogP contribution in [0.5, 0.6) is 0 Å². The fourth-order valence-electron chi connectivity index (χ4n) is 5.24. The Morgan fingerprint density at radius 2 is 1.90 bits per heavy atom. The Balaban J connectivity index is 1.84. The van der Waals surface area contributed by atoms with E-state index in [0.29, 0.717) is 11.8 Å². The van der Waals surface area contributed by atoms with Gasteiger partial charge >= 0.3 is 5.97 Å². The Kier molecular flexibility index (Phi) is 2.45. The molecule has 2 saturated heterocycles. The second-order valence-corrected chi connectivity index (χ2v) is 7.33. The highest BCUT2D eigenvalue weighted by atomic mass is 17.2. The summed E-state index contributed by atoms with van der Waals surface area (Å²) >= 11 is 0. The topological polar surface area (TPSA) is 65.0 Å². The Labute approximate surface area is 118 Å². The highest BCUT2D eigenvalue weighted by Crippen LogP contribution is 2.64. The molecular weight excluding hydrogens is 260 g/mol. The lowest BCUT2D eigenvalue weighted by Gasteiger charge is -2.56. The largest absolute Gasteiger partial charge is 0.458 e. The van der Waals surface area contributed by atoms with Crippen LogP contribution in [0.1, 0.15) is 40.0 Å². The molecule has 2 bridgehead atoms. The highest BCUT2D eigenvalue weighted by Gasteiger charge is 2.74. The van der Waals surface area contributed by atoms with Crippen LogP contribution < -0.4 is 0 Å². The monoisotopic (exact) mass is 282 g/mol. The zero-order chi connectivity index (χ0) is 14.3. The molecule has 1 spiro atoms. The lowest BCUT2D eigenvalue weighted by atomic mass is 9.60. The molecule has 0 unspecified atom stereocenters. The molecule has 5 heteroatoms. The lowest BCUT2D eigenvalue weighted by Crippen LogP contribution is -2.68. The summed E-state index contributed by atoms with van der Waals surface area (Å²) in [6.45, 7) is 5.76. The van der Waals surface area contributed by atoms with E-state index in [0.717, 1.165) is 19.3 Å². The van der Waals surface area contributed by atoms with Crippen molar-refractivity contribution in [2.45, 2.75) is 57.5 Å². The van der Waals surface area contributed by atoms with Gasteiger partial charge in [-0.25, -0.2) is 9.78 Å². The Morgan fingerprint density at radius 3 is 2.65 bits per heavy atom. The van der Waals surface area contributed by atoms with Gasteiger partial charge in [-0.15, -0.1) is 0 Å². The summed E-state index contributed by atoms with van der Waals surface area (Å²) < 4.78 is 5.70. The third kappa shape index (κ3) is 1.32. The molecule has 2 aliphatic heterocycles. The van der Waals surface area contributed by atoms with Crippen molar-refractivity contribution in [3.63, 3.8) is 0 Å². The van der Waals surface area contributed by atoms with Gasteiger partial charge < -0.3 is 9.84 Å². The minimum absolute atomic E-state index is 0.135. The first-order valence-electron chi connectivity index (χ1n) is 7.67. The van der Waals surface area contributed by atoms with Gasteiger partial charge in [0.05, 0.1) is 11.8 Å². The van der Waals surface area contributed by atoms with Crippen molar-refractivity contribution in [1.82, 2.24) is 0 Å². The van der Waals surface area contributed by atoms with E-state index in [4.69, 9.17) is 14.5 Å². The van der Waals surface area contributed by atoms with Crippen molar-refractivity contribution in [2.24, 2.45) is 29.6 Å². The van der Waals surface area contributed by atoms with Crippen LogP contribution in [0.2, 0.25) is 0 Å². The fraction of sp³-hybridized carbons (Fsp3) is 0.933. The van der Waals surface area contributed by atoms with Gasteiger partial charge in [0.25, 0.3) is 0 Å². The number of hydrogen-bond acceptors (Lipinski definition) is 5. The van der Waals surface area contributed by atoms with E-state index in [2.05, 4.69) is 6.92 Å². The molecule has 2 aliphatic carbocycles. The van der Waals surface area contributed by atoms with Crippen molar-refractivity contribution in [3.8, 4) is 0 Å². The summed E-state index contributed by atoms with van der Waals surface area (Å²) in [6, 6.07) is 0. The van der Waals surface area contributed by atoms with Crippen LogP contribution in [-0.4, -0.2) is 28.6 Å². The van der Waals surface area contributed by atoms with Crippen LogP contribution >= 0.6 is 0 Å². The van der Waals surface area contributed by atoms with E-state index in [1.165, 1.54) is 0 Å². The van der Waals surface area contributed by atoms with E-state index in [-0.39, 0.29) is 29.8 Å². The molecule has 4 rings (SSSR count). The summed E-state index contributed by atoms with van der Waals surface area (Å²) in [6.07, 6.45) is 2.49. The predicted molar refractivity (Wildman–Crippen MR) is 68.1 cm³/mol. The van der Waals surface area contributed by atoms with Gasteiger partial charge in [0.1, 0.15) is 11.7 Å². The average molecular weight is 282 g/mol. The van der Waals surface area contributed by atoms with Gasteiger partial charge in [0.2, 0.25) is 5.79 Å². The molecule has 4 aliphatic rings. The lowest BCUT2D eigenvalue weighted by molar-refractivity contribution is -0.517. The van der Waals surface area contributed by atoms with Crippen LogP contribution in [0.25, 0.3) is 0 Å². The molecule has 0 radical (unpaired) electrons. The maximum atomic E-state index is 12.2. The van der Waals surface area contributed by atoms with Crippen molar-refractivity contribution in [2.75, 3.05) is 0 Å². The first-order valence-corrected chi connectivity index (χ1v) is 7.67. The highest BCUT2D eigenvalue weighted by molar-refractivity contribution is 5.74. The molecule has 0 aromatic carbocycles. The number of carbonyl (C=O) groups is 1. The predicted octanol–water partition coefficient (Wildman–Crippen LogP) is 1.64. The van der Waals surface area contributed by atoms with E-state index in [9.17, 15) is 9.90 Å². The molecule has 0 aromatic heterocycles. The number of aliphatic hydroxyl groups is 1. The summed E-state index contributed by atoms with van der Waals surface area (Å²) in [4.78, 5) is 23.3. The molecule has 4 fully saturated rings. The Hall–Kier alpha value is -0.650. The molecule has 2 saturated carbocycles. The molecule has 8 atom stereocenters. The van der Waals surface area contributed by atoms with Gasteiger partial charge in [-0.1, -0.05) is 13.8 Å². The van der Waals surface area contributed by atoms with Crippen molar-refractivity contribution < 1.29 is 24.4 Å². The number of hydrogen-bond donors (Lipinski definition) is 1. The van der Waals surface area contributed by atoms with Crippen molar-refractivity contribution in [1.29, 1.82) is 0 Å². The van der Waals surface area contributed by atoms with Crippen LogP contribution in [0.3, 0.4) is 0 Å². The number of rotatable bonds is 0. The molecular formula is C15H22O5. The molecule has 2 heterocycles. The average Bonchev–Trinajstić information content (AvgIpc) is 2.66. The Bertz CT molecular complexity index is 461. The normalized spacial score (nSPS) is 60.9. The minimum Gasteiger partial charge on any atom is -0.458 e. The number of esters is 1. The summed E-state index contributed by atoms with van der Waals surface area (Å²) in [5, 5.41) is 10.4. The third-order valence-corrected chi connectivity index (χ3v) is 6.36. The molecule has 0 amide bonds. The molecule has 112 valence electrons. The van der Waals surface area contributed by atoms with E-state index in [1.54, 1.807) is 6.92 Å². The fourth-order valence-corrected chi connectivity index (χ4v) is 5.24. The molecule has 0 aromatic rings. The zero-order valence-electron chi connectivity index (χ0n) is 12.2. The quantitative estimate of drug-likeness (QED) is 0.540. The SMILES string of the molecule is C[C@@H]1CC[C@H]2[C@@H](C)C(=O)O[C@@H]3[C@H]4C[C@@H]1[C@]32OO[C@@]4(C)O. The molecule has 20 heavy (non-hydrogen) atoms. The van der Waals surface area contributed by atoms with Crippen LogP contribution in [0, 0.1) is 29.6 Å². The first-order chi connectivity index (χ1) is 9.38. The van der Waals surface area contributed by atoms with Crippen LogP contribution in [-0.2, 0) is 19.3 Å². The van der Waals surface area contributed by atoms with Gasteiger partial charge in [-0.2, -0.15) is 0 Å². The summed E-state index contributed by atoms with van der Waals surface area (Å²) in [5.74, 6) is -0.958. The maximum absolute atomic E-state index is 12.2. The first kappa shape index (κ1) is 13.0. The summed E-state index contributed by atoms with van der Waals surface area (Å²) in [7, 11) is 0. The zero-order valence-corrected chi connectivity index (χ0v) is 12.2. The maximum Gasteiger partial charge on any atom is 0.309 e. The van der Waals surface area contributed by atoms with Gasteiger partial charge in [0, 0.05) is 5.92 Å². The number of carbonyl (C=O) groups excluding carboxylic acids is 1. The number of ether oxygens (including phenoxy) is 1. The van der Waals surface area contributed by atoms with Crippen molar-refractivity contribution >= 4 is 5.97 Å². The van der Waals surface area contributed by atoms with E-state index in [1.807, 2.05) is 6.92 Å². The van der Waals surface area contributed by atoms with Crippen LogP contribution in [0.15, 0.2) is 0 Å². The second kappa shape index (κ2) is 3.76. The molecule has 1 N–H and O–H groups in total. The van der Waals surface area contributed by atoms with Crippen LogP contribution in [0.4, 0.5) is 0 Å².